The first-order valence-corrected chi connectivity index (χ1v) is 9.28. The van der Waals surface area contributed by atoms with Gasteiger partial charge in [-0.05, 0) is 42.5 Å². The van der Waals surface area contributed by atoms with E-state index in [0.29, 0.717) is 19.6 Å². The summed E-state index contributed by atoms with van der Waals surface area (Å²) >= 11 is 0. The topological polar surface area (TPSA) is 65.0 Å². The number of benzene rings is 2. The summed E-state index contributed by atoms with van der Waals surface area (Å²) in [7, 11) is 1.41. The van der Waals surface area contributed by atoms with Crippen LogP contribution in [0, 0.1) is 0 Å². The van der Waals surface area contributed by atoms with Crippen molar-refractivity contribution >= 4 is 5.97 Å². The highest BCUT2D eigenvalue weighted by molar-refractivity contribution is 5.72. The quantitative estimate of drug-likeness (QED) is 0.537. The number of methoxy groups -OCH3 is 1. The Morgan fingerprint density at radius 1 is 0.926 bits per heavy atom. The smallest absolute Gasteiger partial charge is 0.333 e. The fourth-order valence-corrected chi connectivity index (χ4v) is 2.64. The van der Waals surface area contributed by atoms with Crippen molar-refractivity contribution in [3.63, 3.8) is 0 Å². The number of hydrogen-bond acceptors (Lipinski definition) is 4. The molecule has 0 saturated heterocycles. The Hall–Kier alpha value is -2.37. The summed E-state index contributed by atoms with van der Waals surface area (Å²) in [5.41, 5.74) is 2.11. The standard InChI is InChI=1S/C22H28O5/c1-25-21(22(23)24)16-18-10-12-20(13-11-18)27-15-7-3-6-14-26-17-19-8-4-2-5-9-19/h2,4-5,8-13,21H,3,6-7,14-17H2,1H3,(H,23,24). The van der Waals surface area contributed by atoms with Crippen LogP contribution < -0.4 is 4.74 Å². The number of unbranched alkanes of at least 4 members (excludes halogenated alkanes) is 2. The van der Waals surface area contributed by atoms with E-state index < -0.39 is 12.1 Å². The zero-order valence-electron chi connectivity index (χ0n) is 15.8. The summed E-state index contributed by atoms with van der Waals surface area (Å²) in [6.45, 7) is 2.08. The van der Waals surface area contributed by atoms with Crippen molar-refractivity contribution in [3.8, 4) is 5.75 Å². The lowest BCUT2D eigenvalue weighted by molar-refractivity contribution is -0.148. The summed E-state index contributed by atoms with van der Waals surface area (Å²) < 4.78 is 16.3. The fraction of sp³-hybridized carbons (Fsp3) is 0.409. The predicted octanol–water partition coefficient (Wildman–Crippen LogP) is 4.09. The van der Waals surface area contributed by atoms with Crippen molar-refractivity contribution in [2.45, 2.75) is 38.4 Å². The van der Waals surface area contributed by atoms with Gasteiger partial charge in [-0.3, -0.25) is 0 Å². The SMILES string of the molecule is COC(Cc1ccc(OCCCCCOCc2ccccc2)cc1)C(=O)O. The fourth-order valence-electron chi connectivity index (χ4n) is 2.64. The first-order valence-electron chi connectivity index (χ1n) is 9.28. The number of carboxylic acids is 1. The van der Waals surface area contributed by atoms with Gasteiger partial charge in [0.25, 0.3) is 0 Å². The highest BCUT2D eigenvalue weighted by Gasteiger charge is 2.16. The Bertz CT molecular complexity index is 654. The van der Waals surface area contributed by atoms with Crippen molar-refractivity contribution in [1.82, 2.24) is 0 Å². The van der Waals surface area contributed by atoms with E-state index in [0.717, 1.165) is 37.2 Å². The van der Waals surface area contributed by atoms with Gasteiger partial charge in [-0.2, -0.15) is 0 Å². The van der Waals surface area contributed by atoms with Crippen LogP contribution in [0.25, 0.3) is 0 Å². The molecule has 0 aliphatic rings. The number of carbonyl (C=O) groups is 1. The molecule has 2 aromatic carbocycles. The zero-order chi connectivity index (χ0) is 19.3. The van der Waals surface area contributed by atoms with Gasteiger partial charge in [0, 0.05) is 20.1 Å². The van der Waals surface area contributed by atoms with E-state index in [1.54, 1.807) is 0 Å². The molecular weight excluding hydrogens is 344 g/mol. The number of carboxylic acid groups (broad SMARTS) is 1. The number of ether oxygens (including phenoxy) is 3. The van der Waals surface area contributed by atoms with Crippen LogP contribution in [0.15, 0.2) is 54.6 Å². The highest BCUT2D eigenvalue weighted by atomic mass is 16.5. The molecule has 0 heterocycles. The maximum atomic E-state index is 11.0. The first-order chi connectivity index (χ1) is 13.2. The molecule has 0 fully saturated rings. The molecule has 0 amide bonds. The van der Waals surface area contributed by atoms with E-state index >= 15 is 0 Å². The summed E-state index contributed by atoms with van der Waals surface area (Å²) in [4.78, 5) is 11.0. The molecule has 0 aromatic heterocycles. The minimum absolute atomic E-state index is 0.342. The molecule has 1 atom stereocenters. The van der Waals surface area contributed by atoms with E-state index in [4.69, 9.17) is 19.3 Å². The molecule has 0 bridgehead atoms. The second kappa shape index (κ2) is 12.1. The third kappa shape index (κ3) is 8.24. The Morgan fingerprint density at radius 3 is 2.30 bits per heavy atom. The highest BCUT2D eigenvalue weighted by Crippen LogP contribution is 2.15. The van der Waals surface area contributed by atoms with Gasteiger partial charge in [-0.25, -0.2) is 4.79 Å². The minimum Gasteiger partial charge on any atom is -0.494 e. The van der Waals surface area contributed by atoms with Crippen LogP contribution in [0.2, 0.25) is 0 Å². The molecule has 0 radical (unpaired) electrons. The van der Waals surface area contributed by atoms with Crippen LogP contribution in [-0.4, -0.2) is 37.5 Å². The molecule has 0 aliphatic carbocycles. The van der Waals surface area contributed by atoms with Crippen LogP contribution in [0.1, 0.15) is 30.4 Å². The summed E-state index contributed by atoms with van der Waals surface area (Å²) in [5.74, 6) is -0.158. The first kappa shape index (κ1) is 20.9. The molecule has 5 heteroatoms. The molecular formula is C22H28O5. The average Bonchev–Trinajstić information content (AvgIpc) is 2.69. The number of hydrogen-bond donors (Lipinski definition) is 1. The molecule has 1 N–H and O–H groups in total. The van der Waals surface area contributed by atoms with Crippen LogP contribution in [0.4, 0.5) is 0 Å². The molecule has 1 unspecified atom stereocenters. The van der Waals surface area contributed by atoms with Gasteiger partial charge in [0.2, 0.25) is 0 Å². The van der Waals surface area contributed by atoms with E-state index in [-0.39, 0.29) is 0 Å². The normalized spacial score (nSPS) is 11.9. The van der Waals surface area contributed by atoms with Gasteiger partial charge in [-0.15, -0.1) is 0 Å². The summed E-state index contributed by atoms with van der Waals surface area (Å²) in [5, 5.41) is 9.01. The number of rotatable bonds is 13. The third-order valence-electron chi connectivity index (χ3n) is 4.22. The lowest BCUT2D eigenvalue weighted by Crippen LogP contribution is -2.24. The second-order valence-electron chi connectivity index (χ2n) is 6.36. The summed E-state index contributed by atoms with van der Waals surface area (Å²) in [6.07, 6.45) is 2.57. The van der Waals surface area contributed by atoms with Gasteiger partial charge in [0.1, 0.15) is 5.75 Å². The van der Waals surface area contributed by atoms with E-state index in [1.807, 2.05) is 42.5 Å². The van der Waals surface area contributed by atoms with Gasteiger partial charge < -0.3 is 19.3 Å². The van der Waals surface area contributed by atoms with E-state index in [1.165, 1.54) is 12.7 Å². The Morgan fingerprint density at radius 2 is 1.63 bits per heavy atom. The van der Waals surface area contributed by atoms with Crippen molar-refractivity contribution in [2.24, 2.45) is 0 Å². The van der Waals surface area contributed by atoms with Crippen LogP contribution in [0.3, 0.4) is 0 Å². The molecule has 0 spiro atoms. The maximum Gasteiger partial charge on any atom is 0.333 e. The van der Waals surface area contributed by atoms with Crippen molar-refractivity contribution in [2.75, 3.05) is 20.3 Å². The molecule has 27 heavy (non-hydrogen) atoms. The molecule has 2 aromatic rings. The van der Waals surface area contributed by atoms with Gasteiger partial charge >= 0.3 is 5.97 Å². The predicted molar refractivity (Wildman–Crippen MR) is 104 cm³/mol. The molecule has 0 aliphatic heterocycles. The molecule has 146 valence electrons. The van der Waals surface area contributed by atoms with Gasteiger partial charge in [0.15, 0.2) is 6.10 Å². The van der Waals surface area contributed by atoms with Crippen molar-refractivity contribution in [3.05, 3.63) is 65.7 Å². The Labute approximate surface area is 160 Å². The minimum atomic E-state index is -0.953. The van der Waals surface area contributed by atoms with E-state index in [2.05, 4.69) is 12.1 Å². The Kier molecular flexibility index (Phi) is 9.38. The maximum absolute atomic E-state index is 11.0. The van der Waals surface area contributed by atoms with Crippen molar-refractivity contribution in [1.29, 1.82) is 0 Å². The average molecular weight is 372 g/mol. The number of aliphatic carboxylic acids is 1. The van der Waals surface area contributed by atoms with Crippen molar-refractivity contribution < 1.29 is 24.1 Å². The molecule has 5 nitrogen and oxygen atoms in total. The molecule has 2 rings (SSSR count). The summed E-state index contributed by atoms with van der Waals surface area (Å²) in [6, 6.07) is 17.7. The largest absolute Gasteiger partial charge is 0.494 e. The third-order valence-corrected chi connectivity index (χ3v) is 4.22. The Balaban J connectivity index is 1.54. The van der Waals surface area contributed by atoms with Crippen LogP contribution in [-0.2, 0) is 27.3 Å². The zero-order valence-corrected chi connectivity index (χ0v) is 15.8. The van der Waals surface area contributed by atoms with Gasteiger partial charge in [0.05, 0.1) is 13.2 Å². The second-order valence-corrected chi connectivity index (χ2v) is 6.36. The monoisotopic (exact) mass is 372 g/mol. The molecule has 0 saturated carbocycles. The van der Waals surface area contributed by atoms with Gasteiger partial charge in [-0.1, -0.05) is 42.5 Å². The van der Waals surface area contributed by atoms with Crippen LogP contribution in [0.5, 0.6) is 5.75 Å². The lowest BCUT2D eigenvalue weighted by atomic mass is 10.1. The lowest BCUT2D eigenvalue weighted by Gasteiger charge is -2.11. The van der Waals surface area contributed by atoms with Crippen LogP contribution >= 0.6 is 0 Å². The van der Waals surface area contributed by atoms with E-state index in [9.17, 15) is 4.79 Å².